The minimum Gasteiger partial charge on any atom is -0.496 e. The van der Waals surface area contributed by atoms with Crippen molar-refractivity contribution in [2.24, 2.45) is 0 Å². The number of fused-ring (bicyclic) bond motifs is 1. The van der Waals surface area contributed by atoms with Gasteiger partial charge in [-0.1, -0.05) is 39.0 Å². The molecule has 2 aromatic carbocycles. The Morgan fingerprint density at radius 1 is 1.03 bits per heavy atom. The van der Waals surface area contributed by atoms with Crippen molar-refractivity contribution in [2.45, 2.75) is 26.2 Å². The van der Waals surface area contributed by atoms with Crippen molar-refractivity contribution < 1.29 is 14.6 Å². The molecular weight excluding hydrogens is 404 g/mol. The normalized spacial score (nSPS) is 11.5. The number of hydrogen-bond acceptors (Lipinski definition) is 4. The molecule has 0 fully saturated rings. The highest BCUT2D eigenvalue weighted by atomic mass is 16.5. The van der Waals surface area contributed by atoms with E-state index in [0.29, 0.717) is 33.5 Å². The van der Waals surface area contributed by atoms with Crippen molar-refractivity contribution in [1.29, 1.82) is 0 Å². The molecule has 0 saturated heterocycles. The predicted octanol–water partition coefficient (Wildman–Crippen LogP) is 5.26. The van der Waals surface area contributed by atoms with Gasteiger partial charge in [-0.2, -0.15) is 0 Å². The average molecular weight is 428 g/mol. The van der Waals surface area contributed by atoms with Gasteiger partial charge in [0.05, 0.1) is 18.2 Å². The number of pyridine rings is 2. The van der Waals surface area contributed by atoms with Crippen molar-refractivity contribution in [3.8, 4) is 28.0 Å². The Morgan fingerprint density at radius 3 is 2.41 bits per heavy atom. The minimum atomic E-state index is -1.01. The molecule has 0 radical (unpaired) electrons. The predicted molar refractivity (Wildman–Crippen MR) is 125 cm³/mol. The van der Waals surface area contributed by atoms with Crippen LogP contribution < -0.4 is 10.3 Å². The van der Waals surface area contributed by atoms with E-state index in [1.807, 2.05) is 12.1 Å². The summed E-state index contributed by atoms with van der Waals surface area (Å²) in [6, 6.07) is 14.2. The number of hydrogen-bond donors (Lipinski definition) is 2. The van der Waals surface area contributed by atoms with E-state index in [-0.39, 0.29) is 16.5 Å². The Bertz CT molecular complexity index is 1400. The number of carboxylic acids is 1. The highest BCUT2D eigenvalue weighted by molar-refractivity contribution is 6.02. The topological polar surface area (TPSA) is 92.3 Å². The van der Waals surface area contributed by atoms with Gasteiger partial charge in [-0.25, -0.2) is 4.79 Å². The van der Waals surface area contributed by atoms with Crippen LogP contribution in [0.3, 0.4) is 0 Å². The summed E-state index contributed by atoms with van der Waals surface area (Å²) in [7, 11) is 1.61. The third-order valence-electron chi connectivity index (χ3n) is 5.51. The first kappa shape index (κ1) is 21.3. The monoisotopic (exact) mass is 428 g/mol. The molecule has 162 valence electrons. The third kappa shape index (κ3) is 3.64. The maximum absolute atomic E-state index is 12.6. The van der Waals surface area contributed by atoms with E-state index in [1.165, 1.54) is 0 Å². The van der Waals surface area contributed by atoms with E-state index in [2.05, 4.69) is 30.7 Å². The van der Waals surface area contributed by atoms with Crippen LogP contribution in [0.4, 0.5) is 0 Å². The van der Waals surface area contributed by atoms with Crippen LogP contribution in [0.2, 0.25) is 0 Å². The van der Waals surface area contributed by atoms with Crippen LogP contribution in [0.1, 0.15) is 36.7 Å². The second-order valence-electron chi connectivity index (χ2n) is 8.64. The quantitative estimate of drug-likeness (QED) is 0.462. The summed E-state index contributed by atoms with van der Waals surface area (Å²) >= 11 is 0. The fourth-order valence-electron chi connectivity index (χ4n) is 3.96. The summed E-state index contributed by atoms with van der Waals surface area (Å²) in [5.74, 6) is -0.349. The van der Waals surface area contributed by atoms with Crippen molar-refractivity contribution in [1.82, 2.24) is 9.97 Å². The van der Waals surface area contributed by atoms with E-state index in [1.54, 1.807) is 55.9 Å². The van der Waals surface area contributed by atoms with Gasteiger partial charge in [0.15, 0.2) is 0 Å². The van der Waals surface area contributed by atoms with Gasteiger partial charge in [0.2, 0.25) is 0 Å². The molecule has 2 N–H and O–H groups in total. The molecule has 0 aliphatic carbocycles. The molecule has 0 aliphatic rings. The number of carboxylic acid groups (broad SMARTS) is 1. The zero-order valence-electron chi connectivity index (χ0n) is 18.4. The van der Waals surface area contributed by atoms with Gasteiger partial charge in [-0.3, -0.25) is 9.78 Å². The van der Waals surface area contributed by atoms with Crippen LogP contribution >= 0.6 is 0 Å². The first-order chi connectivity index (χ1) is 15.2. The molecule has 0 spiro atoms. The Balaban J connectivity index is 2.12. The number of nitrogens with one attached hydrogen (secondary N) is 1. The number of aromatic carboxylic acids is 1. The lowest BCUT2D eigenvalue weighted by Crippen LogP contribution is -2.15. The van der Waals surface area contributed by atoms with E-state index in [9.17, 15) is 14.7 Å². The number of rotatable bonds is 4. The lowest BCUT2D eigenvalue weighted by Gasteiger charge is -2.25. The minimum absolute atomic E-state index is 0.194. The highest BCUT2D eigenvalue weighted by Crippen LogP contribution is 2.42. The van der Waals surface area contributed by atoms with Crippen LogP contribution in [-0.4, -0.2) is 28.2 Å². The summed E-state index contributed by atoms with van der Waals surface area (Å²) in [5, 5.41) is 10.4. The molecule has 6 heteroatoms. The number of ether oxygens (including phenoxy) is 1. The lowest BCUT2D eigenvalue weighted by atomic mass is 9.83. The second kappa shape index (κ2) is 7.96. The maximum Gasteiger partial charge on any atom is 0.336 e. The standard InChI is InChI=1S/C26H24N2O4/c1-26(2,3)21-13-19(17-10-7-11-27-24(17)29)22-20(23(21)32-4)12-15(14-28-22)16-8-5-6-9-18(16)25(30)31/h5-14H,1-4H3,(H,27,29)(H,30,31). The Morgan fingerprint density at radius 2 is 1.75 bits per heavy atom. The Hall–Kier alpha value is -3.93. The molecule has 4 aromatic rings. The Labute approximate surface area is 185 Å². The molecule has 0 amide bonds. The molecule has 0 unspecified atom stereocenters. The fourth-order valence-corrected chi connectivity index (χ4v) is 3.96. The number of methoxy groups -OCH3 is 1. The fraction of sp³-hybridized carbons (Fsp3) is 0.192. The second-order valence-corrected chi connectivity index (χ2v) is 8.64. The van der Waals surface area contributed by atoms with Gasteiger partial charge in [0.25, 0.3) is 5.56 Å². The number of benzene rings is 2. The molecule has 2 heterocycles. The first-order valence-corrected chi connectivity index (χ1v) is 10.2. The summed E-state index contributed by atoms with van der Waals surface area (Å²) in [5.41, 5.74) is 3.69. The molecule has 0 saturated carbocycles. The van der Waals surface area contributed by atoms with Crippen molar-refractivity contribution >= 4 is 16.9 Å². The molecule has 2 aromatic heterocycles. The summed E-state index contributed by atoms with van der Waals surface area (Å²) in [6.07, 6.45) is 3.23. The van der Waals surface area contributed by atoms with E-state index in [0.717, 1.165) is 10.9 Å². The lowest BCUT2D eigenvalue weighted by molar-refractivity contribution is 0.0697. The third-order valence-corrected chi connectivity index (χ3v) is 5.51. The van der Waals surface area contributed by atoms with Gasteiger partial charge in [-0.15, -0.1) is 0 Å². The number of carbonyl (C=O) groups is 1. The number of H-pyrrole nitrogens is 1. The zero-order chi connectivity index (χ0) is 23.0. The number of nitrogens with zero attached hydrogens (tertiary/aromatic N) is 1. The molecule has 0 aliphatic heterocycles. The van der Waals surface area contributed by atoms with Gasteiger partial charge >= 0.3 is 5.97 Å². The van der Waals surface area contributed by atoms with Gasteiger partial charge in [0.1, 0.15) is 5.75 Å². The van der Waals surface area contributed by atoms with Crippen LogP contribution in [0.15, 0.2) is 65.7 Å². The van der Waals surface area contributed by atoms with Gasteiger partial charge in [0, 0.05) is 40.0 Å². The molecule has 0 atom stereocenters. The molecule has 0 bridgehead atoms. The van der Waals surface area contributed by atoms with Crippen LogP contribution in [-0.2, 0) is 5.41 Å². The maximum atomic E-state index is 12.6. The first-order valence-electron chi connectivity index (χ1n) is 10.2. The van der Waals surface area contributed by atoms with Crippen molar-refractivity contribution in [3.05, 3.63) is 82.4 Å². The van der Waals surface area contributed by atoms with Gasteiger partial charge in [-0.05, 0) is 41.3 Å². The van der Waals surface area contributed by atoms with Crippen molar-refractivity contribution in [3.63, 3.8) is 0 Å². The summed E-state index contributed by atoms with van der Waals surface area (Å²) in [6.45, 7) is 6.23. The van der Waals surface area contributed by atoms with E-state index >= 15 is 0 Å². The molecule has 32 heavy (non-hydrogen) atoms. The van der Waals surface area contributed by atoms with Crippen LogP contribution in [0.25, 0.3) is 33.2 Å². The van der Waals surface area contributed by atoms with Crippen molar-refractivity contribution in [2.75, 3.05) is 7.11 Å². The van der Waals surface area contributed by atoms with E-state index in [4.69, 9.17) is 4.74 Å². The van der Waals surface area contributed by atoms with Crippen LogP contribution in [0.5, 0.6) is 5.75 Å². The zero-order valence-corrected chi connectivity index (χ0v) is 18.4. The Kier molecular flexibility index (Phi) is 5.30. The molecule has 6 nitrogen and oxygen atoms in total. The largest absolute Gasteiger partial charge is 0.496 e. The number of aromatic nitrogens is 2. The smallest absolute Gasteiger partial charge is 0.336 e. The highest BCUT2D eigenvalue weighted by Gasteiger charge is 2.25. The number of aromatic amines is 1. The van der Waals surface area contributed by atoms with Gasteiger partial charge < -0.3 is 14.8 Å². The summed E-state index contributed by atoms with van der Waals surface area (Å²) in [4.78, 5) is 31.8. The molecule has 4 rings (SSSR count). The summed E-state index contributed by atoms with van der Waals surface area (Å²) < 4.78 is 5.83. The SMILES string of the molecule is COc1c(C(C)(C)C)cc(-c2ccc[nH]c2=O)c2ncc(-c3ccccc3C(=O)O)cc12. The van der Waals surface area contributed by atoms with E-state index < -0.39 is 5.97 Å². The average Bonchev–Trinajstić information content (AvgIpc) is 2.77. The molecular formula is C26H24N2O4. The van der Waals surface area contributed by atoms with Crippen LogP contribution in [0, 0.1) is 0 Å².